The fraction of sp³-hybridized carbons (Fsp3) is 0.615. The van der Waals surface area contributed by atoms with E-state index >= 15 is 0 Å². The molecule has 0 saturated carbocycles. The number of rotatable bonds is 2. The molecule has 4 nitrogen and oxygen atoms in total. The topological polar surface area (TPSA) is 59.5 Å². The maximum Gasteiger partial charge on any atom is 0.257 e. The van der Waals surface area contributed by atoms with Crippen molar-refractivity contribution in [2.24, 2.45) is 11.7 Å². The predicted octanol–water partition coefficient (Wildman–Crippen LogP) is 2.42. The summed E-state index contributed by atoms with van der Waals surface area (Å²) in [6, 6.07) is 2.06. The Bertz CT molecular complexity index is 405. The number of amides is 1. The molecule has 1 fully saturated rings. The van der Waals surface area contributed by atoms with Crippen LogP contribution in [0.25, 0.3) is 0 Å². The third kappa shape index (κ3) is 3.06. The maximum atomic E-state index is 12.3. The van der Waals surface area contributed by atoms with Crippen LogP contribution in [0.2, 0.25) is 0 Å². The second kappa shape index (κ2) is 6.25. The molecule has 0 aliphatic carbocycles. The normalized spacial score (nSPS) is 23.6. The van der Waals surface area contributed by atoms with Crippen molar-refractivity contribution in [3.63, 3.8) is 0 Å². The van der Waals surface area contributed by atoms with Gasteiger partial charge in [0.2, 0.25) is 0 Å². The minimum absolute atomic E-state index is 0. The van der Waals surface area contributed by atoms with Gasteiger partial charge in [-0.2, -0.15) is 0 Å². The summed E-state index contributed by atoms with van der Waals surface area (Å²) in [4.78, 5) is 14.3. The average Bonchev–Trinajstić information content (AvgIpc) is 2.80. The van der Waals surface area contributed by atoms with Gasteiger partial charge in [-0.15, -0.1) is 12.4 Å². The van der Waals surface area contributed by atoms with E-state index in [0.29, 0.717) is 29.8 Å². The quantitative estimate of drug-likeness (QED) is 0.899. The molecule has 0 aromatic carbocycles. The van der Waals surface area contributed by atoms with Crippen molar-refractivity contribution in [1.82, 2.24) is 4.90 Å². The van der Waals surface area contributed by atoms with E-state index in [1.807, 2.05) is 4.90 Å². The number of nitrogens with zero attached hydrogens (tertiary/aromatic N) is 1. The standard InChI is InChI=1S/C13H20N2O2.ClH/c1-9-3-4-10(2)15(7-9)13(16)11-5-12(6-14)17-8-11;/h5,8-10H,3-4,6-7,14H2,1-2H3;1H. The molecule has 1 aromatic rings. The van der Waals surface area contributed by atoms with Crippen LogP contribution >= 0.6 is 12.4 Å². The van der Waals surface area contributed by atoms with Gasteiger partial charge in [0.1, 0.15) is 12.0 Å². The van der Waals surface area contributed by atoms with Crippen LogP contribution in [0.5, 0.6) is 0 Å². The molecular weight excluding hydrogens is 252 g/mol. The second-order valence-electron chi connectivity index (χ2n) is 4.99. The number of carbonyl (C=O) groups excluding carboxylic acids is 1. The number of piperidine rings is 1. The Morgan fingerprint density at radius 3 is 2.83 bits per heavy atom. The van der Waals surface area contributed by atoms with Crippen LogP contribution in [0.1, 0.15) is 42.8 Å². The molecule has 1 aromatic heterocycles. The number of halogens is 1. The molecule has 2 N–H and O–H groups in total. The Hall–Kier alpha value is -1.00. The molecule has 5 heteroatoms. The summed E-state index contributed by atoms with van der Waals surface area (Å²) in [6.07, 6.45) is 3.79. The van der Waals surface area contributed by atoms with Gasteiger partial charge in [-0.05, 0) is 31.7 Å². The highest BCUT2D eigenvalue weighted by molar-refractivity contribution is 5.94. The number of carbonyl (C=O) groups is 1. The van der Waals surface area contributed by atoms with Crippen LogP contribution in [0.3, 0.4) is 0 Å². The highest BCUT2D eigenvalue weighted by Gasteiger charge is 2.28. The van der Waals surface area contributed by atoms with Gasteiger partial charge in [-0.1, -0.05) is 6.92 Å². The largest absolute Gasteiger partial charge is 0.467 e. The number of furan rings is 1. The SMILES string of the molecule is CC1CCC(C)N(C(=O)c2coc(CN)c2)C1.Cl. The molecule has 1 amide bonds. The second-order valence-corrected chi connectivity index (χ2v) is 4.99. The lowest BCUT2D eigenvalue weighted by Gasteiger charge is -2.36. The number of nitrogens with two attached hydrogens (primary N) is 1. The molecule has 1 aliphatic heterocycles. The lowest BCUT2D eigenvalue weighted by Crippen LogP contribution is -2.44. The van der Waals surface area contributed by atoms with Gasteiger partial charge in [0.25, 0.3) is 5.91 Å². The summed E-state index contributed by atoms with van der Waals surface area (Å²) in [5.74, 6) is 1.30. The molecule has 2 rings (SSSR count). The summed E-state index contributed by atoms with van der Waals surface area (Å²) in [7, 11) is 0. The molecule has 1 aliphatic rings. The van der Waals surface area contributed by atoms with Gasteiger partial charge in [0, 0.05) is 12.6 Å². The smallest absolute Gasteiger partial charge is 0.257 e. The molecular formula is C13H21ClN2O2. The van der Waals surface area contributed by atoms with E-state index in [2.05, 4.69) is 13.8 Å². The molecule has 2 heterocycles. The third-order valence-electron chi connectivity index (χ3n) is 3.48. The fourth-order valence-electron chi connectivity index (χ4n) is 2.34. The zero-order chi connectivity index (χ0) is 12.4. The first-order valence-electron chi connectivity index (χ1n) is 6.20. The third-order valence-corrected chi connectivity index (χ3v) is 3.48. The van der Waals surface area contributed by atoms with E-state index in [4.69, 9.17) is 10.2 Å². The van der Waals surface area contributed by atoms with Crippen molar-refractivity contribution in [2.45, 2.75) is 39.3 Å². The summed E-state index contributed by atoms with van der Waals surface area (Å²) in [5.41, 5.74) is 6.09. The Morgan fingerprint density at radius 2 is 2.22 bits per heavy atom. The van der Waals surface area contributed by atoms with Gasteiger partial charge in [0.05, 0.1) is 12.1 Å². The van der Waals surface area contributed by atoms with Crippen molar-refractivity contribution in [3.8, 4) is 0 Å². The first kappa shape index (κ1) is 15.1. The number of likely N-dealkylation sites (tertiary alicyclic amines) is 1. The highest BCUT2D eigenvalue weighted by Crippen LogP contribution is 2.23. The van der Waals surface area contributed by atoms with Crippen LogP contribution < -0.4 is 5.73 Å². The van der Waals surface area contributed by atoms with E-state index in [9.17, 15) is 4.79 Å². The zero-order valence-corrected chi connectivity index (χ0v) is 11.7. The van der Waals surface area contributed by atoms with Crippen molar-refractivity contribution in [1.29, 1.82) is 0 Å². The summed E-state index contributed by atoms with van der Waals surface area (Å²) in [6.45, 7) is 5.46. The summed E-state index contributed by atoms with van der Waals surface area (Å²) < 4.78 is 5.22. The summed E-state index contributed by atoms with van der Waals surface area (Å²) >= 11 is 0. The first-order chi connectivity index (χ1) is 8.11. The average molecular weight is 273 g/mol. The molecule has 0 spiro atoms. The molecule has 0 radical (unpaired) electrons. The van der Waals surface area contributed by atoms with Crippen LogP contribution in [0, 0.1) is 5.92 Å². The highest BCUT2D eigenvalue weighted by atomic mass is 35.5. The van der Waals surface area contributed by atoms with Gasteiger partial charge >= 0.3 is 0 Å². The van der Waals surface area contributed by atoms with Crippen molar-refractivity contribution in [2.75, 3.05) is 6.54 Å². The molecule has 2 unspecified atom stereocenters. The Kier molecular flexibility index (Phi) is 5.23. The minimum atomic E-state index is 0. The monoisotopic (exact) mass is 272 g/mol. The van der Waals surface area contributed by atoms with Gasteiger partial charge in [0.15, 0.2) is 0 Å². The molecule has 1 saturated heterocycles. The Morgan fingerprint density at radius 1 is 1.50 bits per heavy atom. The Balaban J connectivity index is 0.00000162. The van der Waals surface area contributed by atoms with Crippen LogP contribution in [-0.4, -0.2) is 23.4 Å². The Labute approximate surface area is 114 Å². The van der Waals surface area contributed by atoms with Gasteiger partial charge < -0.3 is 15.1 Å². The summed E-state index contributed by atoms with van der Waals surface area (Å²) in [5, 5.41) is 0. The van der Waals surface area contributed by atoms with Crippen molar-refractivity contribution in [3.05, 3.63) is 23.7 Å². The van der Waals surface area contributed by atoms with Crippen molar-refractivity contribution >= 4 is 18.3 Å². The van der Waals surface area contributed by atoms with E-state index in [-0.39, 0.29) is 18.3 Å². The lowest BCUT2D eigenvalue weighted by atomic mass is 9.94. The van der Waals surface area contributed by atoms with E-state index in [1.54, 1.807) is 6.07 Å². The minimum Gasteiger partial charge on any atom is -0.467 e. The molecule has 2 atom stereocenters. The van der Waals surface area contributed by atoms with Gasteiger partial charge in [-0.3, -0.25) is 4.79 Å². The number of hydrogen-bond acceptors (Lipinski definition) is 3. The zero-order valence-electron chi connectivity index (χ0n) is 10.9. The van der Waals surface area contributed by atoms with Crippen LogP contribution in [-0.2, 0) is 6.54 Å². The molecule has 18 heavy (non-hydrogen) atoms. The lowest BCUT2D eigenvalue weighted by molar-refractivity contribution is 0.0573. The predicted molar refractivity (Wildman–Crippen MR) is 72.7 cm³/mol. The van der Waals surface area contributed by atoms with Crippen molar-refractivity contribution < 1.29 is 9.21 Å². The molecule has 0 bridgehead atoms. The van der Waals surface area contributed by atoms with Crippen LogP contribution in [0.4, 0.5) is 0 Å². The molecule has 102 valence electrons. The van der Waals surface area contributed by atoms with Crippen LogP contribution in [0.15, 0.2) is 16.7 Å². The number of hydrogen-bond donors (Lipinski definition) is 1. The van der Waals surface area contributed by atoms with E-state index in [1.165, 1.54) is 12.7 Å². The fourth-order valence-corrected chi connectivity index (χ4v) is 2.34. The van der Waals surface area contributed by atoms with E-state index in [0.717, 1.165) is 13.0 Å². The van der Waals surface area contributed by atoms with Gasteiger partial charge in [-0.25, -0.2) is 0 Å². The maximum absolute atomic E-state index is 12.3. The van der Waals surface area contributed by atoms with E-state index < -0.39 is 0 Å². The first-order valence-corrected chi connectivity index (χ1v) is 6.20.